The van der Waals surface area contributed by atoms with E-state index in [2.05, 4.69) is 10.6 Å². The van der Waals surface area contributed by atoms with Crippen LogP contribution in [0.4, 0.5) is 4.79 Å². The number of aliphatic hydroxyl groups is 1. The Kier molecular flexibility index (Phi) is 10.6. The average Bonchev–Trinajstić information content (AvgIpc) is 2.98. The molecule has 4 rings (SSSR count). The maximum Gasteiger partial charge on any atom is 0.413 e. The number of ether oxygens (including phenoxy) is 1. The van der Waals surface area contributed by atoms with Gasteiger partial charge in [-0.25, -0.2) is 4.79 Å². The molecule has 1 saturated heterocycles. The van der Waals surface area contributed by atoms with Gasteiger partial charge in [-0.1, -0.05) is 60.7 Å². The second-order valence-corrected chi connectivity index (χ2v) is 10.8. The van der Waals surface area contributed by atoms with Crippen molar-refractivity contribution >= 4 is 46.3 Å². The maximum absolute atomic E-state index is 13.6. The number of piperidine rings is 1. The predicted molar refractivity (Wildman–Crippen MR) is 157 cm³/mol. The summed E-state index contributed by atoms with van der Waals surface area (Å²) in [6, 6.07) is 19.2. The zero-order valence-corrected chi connectivity index (χ0v) is 23.3. The number of aliphatic hydroxyl groups excluding tert-OH is 1. The van der Waals surface area contributed by atoms with Crippen molar-refractivity contribution in [3.8, 4) is 5.75 Å². The van der Waals surface area contributed by atoms with Crippen LogP contribution in [0.2, 0.25) is 0 Å². The smallest absolute Gasteiger partial charge is 0.410 e. The van der Waals surface area contributed by atoms with Crippen molar-refractivity contribution in [2.24, 2.45) is 5.73 Å². The summed E-state index contributed by atoms with van der Waals surface area (Å²) in [5.74, 6) is -1.49. The number of nitrogens with zero attached hydrogens (tertiary/aromatic N) is 1. The van der Waals surface area contributed by atoms with Crippen LogP contribution in [0.15, 0.2) is 72.8 Å². The minimum absolute atomic E-state index is 0.0793. The van der Waals surface area contributed by atoms with Gasteiger partial charge < -0.3 is 31.1 Å². The number of nitrogens with one attached hydrogen (secondary N) is 2. The van der Waals surface area contributed by atoms with E-state index in [0.29, 0.717) is 31.6 Å². The van der Waals surface area contributed by atoms with E-state index >= 15 is 0 Å². The Bertz CT molecular complexity index is 1370. The SMILES string of the molecule is NC(=O)[C@H](Cc1ccc2ccccc2c1)NC(=O)[C@@H]1CCCCN1C(=O)[C@H](CSCO)NC(=O)Oc1ccccc1. The number of fused-ring (bicyclic) bond motifs is 1. The Labute approximate surface area is 242 Å². The van der Waals surface area contributed by atoms with E-state index in [1.165, 1.54) is 4.90 Å². The molecule has 4 amide bonds. The van der Waals surface area contributed by atoms with Crippen LogP contribution in [0.5, 0.6) is 5.75 Å². The molecule has 0 aromatic heterocycles. The number of para-hydroxylation sites is 1. The minimum Gasteiger partial charge on any atom is -0.410 e. The first-order valence-electron chi connectivity index (χ1n) is 13.5. The van der Waals surface area contributed by atoms with Gasteiger partial charge in [-0.05, 0) is 47.7 Å². The fourth-order valence-electron chi connectivity index (χ4n) is 4.87. The van der Waals surface area contributed by atoms with Crippen molar-refractivity contribution in [2.75, 3.05) is 18.2 Å². The summed E-state index contributed by atoms with van der Waals surface area (Å²) in [6.07, 6.45) is 1.17. The molecule has 1 aliphatic rings. The summed E-state index contributed by atoms with van der Waals surface area (Å²) in [6.45, 7) is 0.304. The first-order chi connectivity index (χ1) is 19.9. The normalized spacial score (nSPS) is 16.4. The number of carbonyl (C=O) groups excluding carboxylic acids is 4. The van der Waals surface area contributed by atoms with Crippen molar-refractivity contribution in [1.29, 1.82) is 0 Å². The van der Waals surface area contributed by atoms with Gasteiger partial charge in [0, 0.05) is 18.7 Å². The number of benzene rings is 3. The second-order valence-electron chi connectivity index (χ2n) is 9.79. The molecule has 10 nitrogen and oxygen atoms in total. The third-order valence-electron chi connectivity index (χ3n) is 6.92. The van der Waals surface area contributed by atoms with Crippen LogP contribution in [0, 0.1) is 0 Å². The molecule has 11 heteroatoms. The standard InChI is InChI=1S/C30H34N4O6S/c31-27(36)24(17-20-13-14-21-8-4-5-9-22(21)16-20)32-28(37)26-12-6-7-15-34(26)29(38)25(18-41-19-35)33-30(39)40-23-10-2-1-3-11-23/h1-5,8-11,13-14,16,24-26,35H,6-7,12,15,17-19H2,(H2,31,36)(H,32,37)(H,33,39)/t24-,25-,26-/m0/s1. The van der Waals surface area contributed by atoms with E-state index in [9.17, 15) is 24.3 Å². The Morgan fingerprint density at radius 1 is 0.951 bits per heavy atom. The molecule has 1 heterocycles. The van der Waals surface area contributed by atoms with Gasteiger partial charge in [0.25, 0.3) is 0 Å². The van der Waals surface area contributed by atoms with Gasteiger partial charge in [0.1, 0.15) is 23.9 Å². The highest BCUT2D eigenvalue weighted by molar-refractivity contribution is 7.99. The molecule has 3 aromatic rings. The molecule has 5 N–H and O–H groups in total. The summed E-state index contributed by atoms with van der Waals surface area (Å²) in [5.41, 5.74) is 6.51. The van der Waals surface area contributed by atoms with E-state index in [-0.39, 0.29) is 18.1 Å². The number of carbonyl (C=O) groups is 4. The number of likely N-dealkylation sites (tertiary alicyclic amines) is 1. The lowest BCUT2D eigenvalue weighted by Crippen LogP contribution is -2.60. The van der Waals surface area contributed by atoms with Crippen molar-refractivity contribution in [3.63, 3.8) is 0 Å². The lowest BCUT2D eigenvalue weighted by Gasteiger charge is -2.37. The number of thioether (sulfide) groups is 1. The van der Waals surface area contributed by atoms with Crippen molar-refractivity contribution in [1.82, 2.24) is 15.5 Å². The van der Waals surface area contributed by atoms with Gasteiger partial charge in [0.05, 0.1) is 5.94 Å². The molecule has 216 valence electrons. The van der Waals surface area contributed by atoms with Gasteiger partial charge in [-0.3, -0.25) is 14.4 Å². The maximum atomic E-state index is 13.6. The van der Waals surface area contributed by atoms with Gasteiger partial charge in [0.15, 0.2) is 0 Å². The summed E-state index contributed by atoms with van der Waals surface area (Å²) in [4.78, 5) is 53.4. The molecular weight excluding hydrogens is 544 g/mol. The zero-order valence-electron chi connectivity index (χ0n) is 22.5. The quantitative estimate of drug-likeness (QED) is 0.255. The first-order valence-corrected chi connectivity index (χ1v) is 14.6. The van der Waals surface area contributed by atoms with Gasteiger partial charge in [-0.2, -0.15) is 0 Å². The topological polar surface area (TPSA) is 151 Å². The van der Waals surface area contributed by atoms with Crippen LogP contribution < -0.4 is 21.1 Å². The molecule has 1 aliphatic heterocycles. The van der Waals surface area contributed by atoms with E-state index in [4.69, 9.17) is 10.5 Å². The summed E-state index contributed by atoms with van der Waals surface area (Å²) >= 11 is 1.06. The van der Waals surface area contributed by atoms with Crippen molar-refractivity contribution < 1.29 is 29.0 Å². The summed E-state index contributed by atoms with van der Waals surface area (Å²) < 4.78 is 5.28. The van der Waals surface area contributed by atoms with Crippen LogP contribution in [0.1, 0.15) is 24.8 Å². The van der Waals surface area contributed by atoms with Crippen LogP contribution in [0.3, 0.4) is 0 Å². The molecule has 1 fully saturated rings. The molecule has 0 unspecified atom stereocenters. The molecule has 3 atom stereocenters. The highest BCUT2D eigenvalue weighted by atomic mass is 32.2. The van der Waals surface area contributed by atoms with Gasteiger partial charge in [-0.15, -0.1) is 11.8 Å². The second kappa shape index (κ2) is 14.5. The fourth-order valence-corrected chi connectivity index (χ4v) is 5.44. The monoisotopic (exact) mass is 578 g/mol. The number of primary amides is 1. The van der Waals surface area contributed by atoms with E-state index in [1.54, 1.807) is 30.3 Å². The van der Waals surface area contributed by atoms with Crippen LogP contribution in [-0.4, -0.2) is 70.2 Å². The van der Waals surface area contributed by atoms with Crippen LogP contribution in [0.25, 0.3) is 10.8 Å². The van der Waals surface area contributed by atoms with Crippen molar-refractivity contribution in [3.05, 3.63) is 78.4 Å². The molecule has 0 saturated carbocycles. The predicted octanol–water partition coefficient (Wildman–Crippen LogP) is 2.57. The largest absolute Gasteiger partial charge is 0.413 e. The summed E-state index contributed by atoms with van der Waals surface area (Å²) in [7, 11) is 0. The highest BCUT2D eigenvalue weighted by Gasteiger charge is 2.37. The van der Waals surface area contributed by atoms with Gasteiger partial charge >= 0.3 is 6.09 Å². The number of rotatable bonds is 11. The van der Waals surface area contributed by atoms with Gasteiger partial charge in [0.2, 0.25) is 17.7 Å². The average molecular weight is 579 g/mol. The Hall–Kier alpha value is -4.09. The van der Waals surface area contributed by atoms with Crippen molar-refractivity contribution in [2.45, 2.75) is 43.8 Å². The molecule has 41 heavy (non-hydrogen) atoms. The zero-order chi connectivity index (χ0) is 29.2. The number of amides is 4. The van der Waals surface area contributed by atoms with Crippen LogP contribution >= 0.6 is 11.8 Å². The molecular formula is C30H34N4O6S. The lowest BCUT2D eigenvalue weighted by atomic mass is 9.98. The third-order valence-corrected chi connectivity index (χ3v) is 7.67. The third kappa shape index (κ3) is 8.21. The van der Waals surface area contributed by atoms with E-state index < -0.39 is 41.9 Å². The Morgan fingerprint density at radius 2 is 1.68 bits per heavy atom. The molecule has 0 aliphatic carbocycles. The highest BCUT2D eigenvalue weighted by Crippen LogP contribution is 2.21. The summed E-state index contributed by atoms with van der Waals surface area (Å²) in [5, 5.41) is 16.7. The molecule has 0 spiro atoms. The number of nitrogens with two attached hydrogens (primary N) is 1. The molecule has 3 aromatic carbocycles. The Morgan fingerprint density at radius 3 is 2.41 bits per heavy atom. The molecule has 0 radical (unpaired) electrons. The minimum atomic E-state index is -1.04. The Balaban J connectivity index is 1.45. The fraction of sp³-hybridized carbons (Fsp3) is 0.333. The first kappa shape index (κ1) is 29.9. The van der Waals surface area contributed by atoms with Crippen LogP contribution in [-0.2, 0) is 20.8 Å². The van der Waals surface area contributed by atoms with E-state index in [1.807, 2.05) is 42.5 Å². The number of hydrogen-bond acceptors (Lipinski definition) is 7. The van der Waals surface area contributed by atoms with E-state index in [0.717, 1.165) is 28.1 Å². The molecule has 0 bridgehead atoms. The lowest BCUT2D eigenvalue weighted by molar-refractivity contribution is -0.144. The number of hydrogen-bond donors (Lipinski definition) is 4.